The highest BCUT2D eigenvalue weighted by Gasteiger charge is 2.30. The summed E-state index contributed by atoms with van der Waals surface area (Å²) in [5.74, 6) is -0.484. The van der Waals surface area contributed by atoms with E-state index in [4.69, 9.17) is 0 Å². The van der Waals surface area contributed by atoms with Crippen molar-refractivity contribution in [2.24, 2.45) is 5.41 Å². The minimum Gasteiger partial charge on any atom is -0.469 e. The Morgan fingerprint density at radius 3 is 2.58 bits per heavy atom. The van der Waals surface area contributed by atoms with Crippen molar-refractivity contribution in [1.29, 1.82) is 0 Å². The van der Waals surface area contributed by atoms with E-state index in [-0.39, 0.29) is 17.8 Å². The molecule has 1 heterocycles. The Kier molecular flexibility index (Phi) is 4.08. The molecular weight excluding hydrogens is 252 g/mol. The molecule has 0 N–H and O–H groups in total. The van der Waals surface area contributed by atoms with E-state index < -0.39 is 16.3 Å². The minimum absolute atomic E-state index is 0.0135. The van der Waals surface area contributed by atoms with Gasteiger partial charge in [0.25, 0.3) is 11.2 Å². The second-order valence-corrected chi connectivity index (χ2v) is 4.94. The fourth-order valence-corrected chi connectivity index (χ4v) is 1.74. The van der Waals surface area contributed by atoms with Crippen LogP contribution in [0.5, 0.6) is 0 Å². The molecule has 7 heteroatoms. The minimum atomic E-state index is -0.943. The quantitative estimate of drug-likeness (QED) is 0.465. The van der Waals surface area contributed by atoms with Crippen molar-refractivity contribution in [2.75, 3.05) is 7.11 Å². The van der Waals surface area contributed by atoms with E-state index in [0.717, 1.165) is 10.8 Å². The van der Waals surface area contributed by atoms with Crippen LogP contribution in [0.1, 0.15) is 19.4 Å². The zero-order valence-corrected chi connectivity index (χ0v) is 11.3. The fraction of sp³-hybridized carbons (Fsp3) is 0.500. The van der Waals surface area contributed by atoms with E-state index in [1.54, 1.807) is 13.8 Å². The molecule has 0 spiro atoms. The summed E-state index contributed by atoms with van der Waals surface area (Å²) >= 11 is 0. The molecule has 0 aromatic carbocycles. The Bertz CT molecular complexity index is 574. The van der Waals surface area contributed by atoms with Crippen LogP contribution in [0.4, 0.5) is 5.69 Å². The predicted molar refractivity (Wildman–Crippen MR) is 67.9 cm³/mol. The van der Waals surface area contributed by atoms with Crippen LogP contribution in [0.25, 0.3) is 0 Å². The van der Waals surface area contributed by atoms with Crippen molar-refractivity contribution in [3.63, 3.8) is 0 Å². The van der Waals surface area contributed by atoms with E-state index in [2.05, 4.69) is 4.74 Å². The Hall–Kier alpha value is -2.18. The Morgan fingerprint density at radius 1 is 1.53 bits per heavy atom. The molecule has 0 saturated carbocycles. The van der Waals surface area contributed by atoms with Crippen LogP contribution in [-0.2, 0) is 16.1 Å². The molecule has 0 aliphatic rings. The van der Waals surface area contributed by atoms with Gasteiger partial charge in [-0.25, -0.2) is 0 Å². The van der Waals surface area contributed by atoms with Gasteiger partial charge in [-0.05, 0) is 20.8 Å². The van der Waals surface area contributed by atoms with Crippen molar-refractivity contribution in [3.8, 4) is 0 Å². The molecule has 7 nitrogen and oxygen atoms in total. The van der Waals surface area contributed by atoms with Gasteiger partial charge in [-0.15, -0.1) is 0 Å². The normalized spacial score (nSPS) is 11.2. The average Bonchev–Trinajstić information content (AvgIpc) is 2.30. The number of nitro groups is 1. The van der Waals surface area contributed by atoms with Crippen LogP contribution < -0.4 is 5.56 Å². The third kappa shape index (κ3) is 3.18. The number of carbonyl (C=O) groups is 1. The lowest BCUT2D eigenvalue weighted by molar-refractivity contribution is -0.386. The number of esters is 1. The first kappa shape index (κ1) is 14.9. The molecular formula is C12H16N2O5. The summed E-state index contributed by atoms with van der Waals surface area (Å²) in [6.07, 6.45) is 1.16. The number of nitrogens with zero attached hydrogens (tertiary/aromatic N) is 2. The summed E-state index contributed by atoms with van der Waals surface area (Å²) in [5, 5.41) is 10.8. The number of rotatable bonds is 4. The van der Waals surface area contributed by atoms with Crippen LogP contribution in [0.15, 0.2) is 17.1 Å². The van der Waals surface area contributed by atoms with E-state index in [9.17, 15) is 19.7 Å². The maximum Gasteiger partial charge on any atom is 0.313 e. The molecule has 0 aliphatic carbocycles. The van der Waals surface area contributed by atoms with Gasteiger partial charge in [0.1, 0.15) is 0 Å². The molecule has 0 radical (unpaired) electrons. The lowest BCUT2D eigenvalue weighted by Crippen LogP contribution is -2.34. The second kappa shape index (κ2) is 5.21. The highest BCUT2D eigenvalue weighted by Crippen LogP contribution is 2.21. The second-order valence-electron chi connectivity index (χ2n) is 4.94. The number of aromatic nitrogens is 1. The van der Waals surface area contributed by atoms with Crippen LogP contribution in [0.2, 0.25) is 0 Å². The third-order valence-electron chi connectivity index (χ3n) is 2.81. The van der Waals surface area contributed by atoms with Gasteiger partial charge in [-0.2, -0.15) is 0 Å². The topological polar surface area (TPSA) is 91.4 Å². The standard InChI is InChI=1S/C12H16N2O5/c1-8-5-10(15)13(6-9(8)14(17)18)7-12(2,3)11(16)19-4/h5-6H,7H2,1-4H3. The van der Waals surface area contributed by atoms with Gasteiger partial charge in [0, 0.05) is 18.2 Å². The summed E-state index contributed by atoms with van der Waals surface area (Å²) in [5.41, 5.74) is -1.19. The molecule has 0 aliphatic heterocycles. The van der Waals surface area contributed by atoms with Crippen LogP contribution in [-0.4, -0.2) is 22.6 Å². The van der Waals surface area contributed by atoms with Gasteiger partial charge >= 0.3 is 5.97 Å². The summed E-state index contributed by atoms with van der Waals surface area (Å²) in [4.78, 5) is 33.6. The average molecular weight is 268 g/mol. The van der Waals surface area contributed by atoms with E-state index in [0.29, 0.717) is 5.56 Å². The molecule has 0 saturated heterocycles. The van der Waals surface area contributed by atoms with Crippen molar-refractivity contribution in [3.05, 3.63) is 38.3 Å². The zero-order chi connectivity index (χ0) is 14.8. The van der Waals surface area contributed by atoms with Crippen LogP contribution >= 0.6 is 0 Å². The van der Waals surface area contributed by atoms with Gasteiger partial charge in [0.05, 0.1) is 23.6 Å². The van der Waals surface area contributed by atoms with Crippen molar-refractivity contribution >= 4 is 11.7 Å². The van der Waals surface area contributed by atoms with Crippen LogP contribution in [0.3, 0.4) is 0 Å². The van der Waals surface area contributed by atoms with E-state index >= 15 is 0 Å². The maximum absolute atomic E-state index is 11.8. The summed E-state index contributed by atoms with van der Waals surface area (Å²) in [7, 11) is 1.25. The van der Waals surface area contributed by atoms with Gasteiger partial charge < -0.3 is 9.30 Å². The molecule has 1 rings (SSSR count). The number of methoxy groups -OCH3 is 1. The number of hydrogen-bond donors (Lipinski definition) is 0. The van der Waals surface area contributed by atoms with Gasteiger partial charge in [0.15, 0.2) is 0 Å². The van der Waals surface area contributed by atoms with Gasteiger partial charge in [-0.3, -0.25) is 19.7 Å². The molecule has 19 heavy (non-hydrogen) atoms. The summed E-state index contributed by atoms with van der Waals surface area (Å²) in [6, 6.07) is 1.19. The van der Waals surface area contributed by atoms with E-state index in [1.165, 1.54) is 20.1 Å². The van der Waals surface area contributed by atoms with Crippen molar-refractivity contribution in [2.45, 2.75) is 27.3 Å². The molecule has 0 fully saturated rings. The molecule has 1 aromatic rings. The molecule has 0 bridgehead atoms. The lowest BCUT2D eigenvalue weighted by Gasteiger charge is -2.22. The first-order chi connectivity index (χ1) is 8.69. The number of pyridine rings is 1. The largest absolute Gasteiger partial charge is 0.469 e. The fourth-order valence-electron chi connectivity index (χ4n) is 1.74. The molecule has 1 aromatic heterocycles. The smallest absolute Gasteiger partial charge is 0.313 e. The number of ether oxygens (including phenoxy) is 1. The number of hydrogen-bond acceptors (Lipinski definition) is 5. The summed E-state index contributed by atoms with van der Waals surface area (Å²) in [6.45, 7) is 4.73. The molecule has 104 valence electrons. The van der Waals surface area contributed by atoms with E-state index in [1.807, 2.05) is 0 Å². The first-order valence-electron chi connectivity index (χ1n) is 5.63. The molecule has 0 amide bonds. The number of aryl methyl sites for hydroxylation is 1. The van der Waals surface area contributed by atoms with Gasteiger partial charge in [-0.1, -0.05) is 0 Å². The molecule has 0 unspecified atom stereocenters. The highest BCUT2D eigenvalue weighted by atomic mass is 16.6. The predicted octanol–water partition coefficient (Wildman–Crippen LogP) is 1.26. The monoisotopic (exact) mass is 268 g/mol. The van der Waals surface area contributed by atoms with Crippen molar-refractivity contribution in [1.82, 2.24) is 4.57 Å². The zero-order valence-electron chi connectivity index (χ0n) is 11.3. The SMILES string of the molecule is COC(=O)C(C)(C)Cn1cc([N+](=O)[O-])c(C)cc1=O. The Balaban J connectivity index is 3.22. The van der Waals surface area contributed by atoms with Gasteiger partial charge in [0.2, 0.25) is 0 Å². The molecule has 0 atom stereocenters. The highest BCUT2D eigenvalue weighted by molar-refractivity contribution is 5.75. The maximum atomic E-state index is 11.8. The summed E-state index contributed by atoms with van der Waals surface area (Å²) < 4.78 is 5.80. The lowest BCUT2D eigenvalue weighted by atomic mass is 9.93. The van der Waals surface area contributed by atoms with Crippen LogP contribution in [0, 0.1) is 22.5 Å². The number of carbonyl (C=O) groups excluding carboxylic acids is 1. The Morgan fingerprint density at radius 2 is 2.11 bits per heavy atom. The van der Waals surface area contributed by atoms with Crippen molar-refractivity contribution < 1.29 is 14.5 Å². The Labute approximate surface area is 110 Å². The first-order valence-corrected chi connectivity index (χ1v) is 5.63. The third-order valence-corrected chi connectivity index (χ3v) is 2.81.